The summed E-state index contributed by atoms with van der Waals surface area (Å²) in [5, 5.41) is 15.8. The monoisotopic (exact) mass is 476 g/mol. The molecule has 10 heteroatoms. The first-order valence-electron chi connectivity index (χ1n) is 10.6. The lowest BCUT2D eigenvalue weighted by molar-refractivity contribution is -0.134. The number of piperazine rings is 1. The molecular weight excluding hydrogens is 452 g/mol. The number of nitrogens with zero attached hydrogens (tertiary/aromatic N) is 4. The Hall–Kier alpha value is -3.89. The van der Waals surface area contributed by atoms with Crippen LogP contribution in [0.4, 0.5) is 11.4 Å². The first-order chi connectivity index (χ1) is 16.3. The van der Waals surface area contributed by atoms with E-state index in [2.05, 4.69) is 10.2 Å². The first kappa shape index (κ1) is 23.3. The first-order valence-corrected chi connectivity index (χ1v) is 12.0. The predicted octanol–water partition coefficient (Wildman–Crippen LogP) is 3.42. The lowest BCUT2D eigenvalue weighted by Gasteiger charge is -2.33. The second-order valence-electron chi connectivity index (χ2n) is 7.80. The van der Waals surface area contributed by atoms with Crippen molar-refractivity contribution in [3.8, 4) is 0 Å². The molecule has 0 bridgehead atoms. The summed E-state index contributed by atoms with van der Waals surface area (Å²) in [5.74, 6) is -0.326. The van der Waals surface area contributed by atoms with Gasteiger partial charge in [-0.2, -0.15) is 14.5 Å². The van der Waals surface area contributed by atoms with Crippen LogP contribution in [-0.4, -0.2) is 49.0 Å². The van der Waals surface area contributed by atoms with E-state index in [1.807, 2.05) is 36.4 Å². The normalized spacial score (nSPS) is 15.1. The van der Waals surface area contributed by atoms with E-state index in [0.717, 1.165) is 5.56 Å². The van der Waals surface area contributed by atoms with Gasteiger partial charge in [0.15, 0.2) is 0 Å². The molecule has 0 aliphatic carbocycles. The van der Waals surface area contributed by atoms with Crippen molar-refractivity contribution < 1.29 is 13.2 Å². The highest BCUT2D eigenvalue weighted by Gasteiger charge is 2.32. The molecule has 0 aromatic heterocycles. The van der Waals surface area contributed by atoms with Crippen molar-refractivity contribution >= 4 is 33.1 Å². The number of azo groups is 1. The second-order valence-corrected chi connectivity index (χ2v) is 9.74. The van der Waals surface area contributed by atoms with Crippen LogP contribution in [0.15, 0.2) is 94.0 Å². The molecule has 1 aliphatic heterocycles. The van der Waals surface area contributed by atoms with Crippen molar-refractivity contribution in [3.63, 3.8) is 0 Å². The summed E-state index contributed by atoms with van der Waals surface area (Å²) in [7, 11) is -3.82. The summed E-state index contributed by atoms with van der Waals surface area (Å²) in [6, 6.07) is 22.5. The van der Waals surface area contributed by atoms with Crippen molar-refractivity contribution in [2.45, 2.75) is 11.4 Å². The summed E-state index contributed by atoms with van der Waals surface area (Å²) in [4.78, 5) is 14.4. The highest BCUT2D eigenvalue weighted by atomic mass is 32.2. The van der Waals surface area contributed by atoms with Gasteiger partial charge in [-0.25, -0.2) is 8.42 Å². The number of amidine groups is 1. The van der Waals surface area contributed by atoms with E-state index in [-0.39, 0.29) is 36.3 Å². The number of carbonyl (C=O) groups excluding carboxylic acids is 1. The van der Waals surface area contributed by atoms with Crippen LogP contribution in [0.5, 0.6) is 0 Å². The maximum Gasteiger partial charge on any atom is 0.243 e. The fraction of sp³-hybridized carbons (Fsp3) is 0.167. The van der Waals surface area contributed by atoms with E-state index in [0.29, 0.717) is 23.5 Å². The number of benzene rings is 3. The van der Waals surface area contributed by atoms with Gasteiger partial charge in [-0.15, -0.1) is 0 Å². The van der Waals surface area contributed by atoms with Gasteiger partial charge >= 0.3 is 0 Å². The Morgan fingerprint density at radius 2 is 1.59 bits per heavy atom. The molecule has 0 saturated carbocycles. The number of rotatable bonds is 7. The SMILES string of the molecule is N=C(N)c1cccc(CN2CCN(S(=O)(=O)c3ccc(/N=N/c4ccccc4)cc3)CC2=O)c1. The molecule has 34 heavy (non-hydrogen) atoms. The zero-order chi connectivity index (χ0) is 24.1. The van der Waals surface area contributed by atoms with Gasteiger partial charge in [0.2, 0.25) is 15.9 Å². The van der Waals surface area contributed by atoms with Crippen LogP contribution in [0.25, 0.3) is 0 Å². The van der Waals surface area contributed by atoms with E-state index in [1.54, 1.807) is 35.2 Å². The highest BCUT2D eigenvalue weighted by Crippen LogP contribution is 2.23. The van der Waals surface area contributed by atoms with Gasteiger partial charge in [-0.3, -0.25) is 10.2 Å². The number of carbonyl (C=O) groups is 1. The molecule has 174 valence electrons. The van der Waals surface area contributed by atoms with Crippen LogP contribution < -0.4 is 5.73 Å². The number of hydrogen-bond acceptors (Lipinski definition) is 6. The van der Waals surface area contributed by atoms with Crippen molar-refractivity contribution in [2.24, 2.45) is 16.0 Å². The molecule has 1 aliphatic rings. The molecule has 1 heterocycles. The Bertz CT molecular complexity index is 1320. The number of nitrogen functional groups attached to an aromatic ring is 1. The third-order valence-corrected chi connectivity index (χ3v) is 7.27. The lowest BCUT2D eigenvalue weighted by Crippen LogP contribution is -2.51. The minimum absolute atomic E-state index is 0.0448. The maximum absolute atomic E-state index is 13.1. The minimum Gasteiger partial charge on any atom is -0.384 e. The Balaban J connectivity index is 1.41. The van der Waals surface area contributed by atoms with Crippen molar-refractivity contribution in [2.75, 3.05) is 19.6 Å². The number of sulfonamides is 1. The van der Waals surface area contributed by atoms with Crippen LogP contribution >= 0.6 is 0 Å². The molecule has 0 spiro atoms. The molecule has 1 fully saturated rings. The quantitative estimate of drug-likeness (QED) is 0.307. The van der Waals surface area contributed by atoms with Crippen molar-refractivity contribution in [3.05, 3.63) is 90.0 Å². The van der Waals surface area contributed by atoms with Crippen LogP contribution in [-0.2, 0) is 21.4 Å². The summed E-state index contributed by atoms with van der Waals surface area (Å²) in [5.41, 5.74) is 8.17. The number of hydrogen-bond donors (Lipinski definition) is 2. The molecule has 0 atom stereocenters. The minimum atomic E-state index is -3.82. The summed E-state index contributed by atoms with van der Waals surface area (Å²) in [6.45, 7) is 0.556. The molecule has 1 saturated heterocycles. The van der Waals surface area contributed by atoms with Gasteiger partial charge in [0.1, 0.15) is 5.84 Å². The van der Waals surface area contributed by atoms with Gasteiger partial charge in [-0.1, -0.05) is 36.4 Å². The van der Waals surface area contributed by atoms with E-state index in [9.17, 15) is 13.2 Å². The fourth-order valence-electron chi connectivity index (χ4n) is 3.56. The molecular formula is C24H24N6O3S. The van der Waals surface area contributed by atoms with Gasteiger partial charge < -0.3 is 10.6 Å². The molecule has 9 nitrogen and oxygen atoms in total. The van der Waals surface area contributed by atoms with Gasteiger partial charge in [0, 0.05) is 25.2 Å². The summed E-state index contributed by atoms with van der Waals surface area (Å²) < 4.78 is 27.3. The Kier molecular flexibility index (Phi) is 6.80. The molecule has 1 amide bonds. The molecule has 3 aromatic carbocycles. The van der Waals surface area contributed by atoms with Gasteiger partial charge in [0.05, 0.1) is 22.8 Å². The number of amides is 1. The van der Waals surface area contributed by atoms with Crippen molar-refractivity contribution in [1.29, 1.82) is 5.41 Å². The summed E-state index contributed by atoms with van der Waals surface area (Å²) in [6.07, 6.45) is 0. The van der Waals surface area contributed by atoms with Crippen LogP contribution in [0, 0.1) is 5.41 Å². The number of nitrogens with two attached hydrogens (primary N) is 1. The number of nitrogens with one attached hydrogen (secondary N) is 1. The van der Waals surface area contributed by atoms with E-state index in [4.69, 9.17) is 11.1 Å². The van der Waals surface area contributed by atoms with Crippen LogP contribution in [0.1, 0.15) is 11.1 Å². The molecule has 0 unspecified atom stereocenters. The van der Waals surface area contributed by atoms with Crippen LogP contribution in [0.3, 0.4) is 0 Å². The van der Waals surface area contributed by atoms with E-state index < -0.39 is 10.0 Å². The Labute approximate surface area is 198 Å². The average Bonchev–Trinajstić information content (AvgIpc) is 2.85. The predicted molar refractivity (Wildman–Crippen MR) is 129 cm³/mol. The lowest BCUT2D eigenvalue weighted by atomic mass is 10.1. The smallest absolute Gasteiger partial charge is 0.243 e. The zero-order valence-electron chi connectivity index (χ0n) is 18.3. The van der Waals surface area contributed by atoms with E-state index >= 15 is 0 Å². The topological polar surface area (TPSA) is 132 Å². The molecule has 4 rings (SSSR count). The highest BCUT2D eigenvalue weighted by molar-refractivity contribution is 7.89. The second kappa shape index (κ2) is 9.94. The third kappa shape index (κ3) is 5.36. The molecule has 3 N–H and O–H groups in total. The zero-order valence-corrected chi connectivity index (χ0v) is 19.1. The largest absolute Gasteiger partial charge is 0.384 e. The molecule has 0 radical (unpaired) electrons. The van der Waals surface area contributed by atoms with Crippen molar-refractivity contribution in [1.82, 2.24) is 9.21 Å². The summed E-state index contributed by atoms with van der Waals surface area (Å²) >= 11 is 0. The maximum atomic E-state index is 13.1. The Morgan fingerprint density at radius 1 is 0.912 bits per heavy atom. The van der Waals surface area contributed by atoms with Crippen LogP contribution in [0.2, 0.25) is 0 Å². The van der Waals surface area contributed by atoms with Gasteiger partial charge in [0.25, 0.3) is 0 Å². The molecule has 3 aromatic rings. The Morgan fingerprint density at radius 3 is 2.24 bits per heavy atom. The fourth-order valence-corrected chi connectivity index (χ4v) is 4.94. The van der Waals surface area contributed by atoms with E-state index in [1.165, 1.54) is 16.4 Å². The van der Waals surface area contributed by atoms with Gasteiger partial charge in [-0.05, 0) is 48.0 Å². The third-order valence-electron chi connectivity index (χ3n) is 5.41. The standard InChI is InChI=1S/C24H24N6O3S/c25-24(26)19-6-4-5-18(15-19)16-29-13-14-30(17-23(29)31)34(32,33)22-11-9-21(10-12-22)28-27-20-7-2-1-3-8-20/h1-12,15H,13-14,16-17H2,(H3,25,26)/b28-27+. The average molecular weight is 477 g/mol.